The van der Waals surface area contributed by atoms with Gasteiger partial charge in [-0.1, -0.05) is 6.92 Å². The Bertz CT molecular complexity index is 235. The van der Waals surface area contributed by atoms with E-state index in [0.29, 0.717) is 13.2 Å². The standard InChI is InChI=1S/C11H22N2O3/c1-4-9-6-16-8(2)5-13(9)11(14)10(12)7-15-3/h8-10H,4-7,12H2,1-3H3. The lowest BCUT2D eigenvalue weighted by Crippen LogP contribution is -2.56. The van der Waals surface area contributed by atoms with Crippen LogP contribution in [0.25, 0.3) is 0 Å². The van der Waals surface area contributed by atoms with Crippen LogP contribution in [0.15, 0.2) is 0 Å². The molecule has 5 nitrogen and oxygen atoms in total. The Morgan fingerprint density at radius 1 is 1.69 bits per heavy atom. The van der Waals surface area contributed by atoms with Gasteiger partial charge in [-0.25, -0.2) is 0 Å². The third-order valence-corrected chi connectivity index (χ3v) is 2.89. The second-order valence-corrected chi connectivity index (χ2v) is 4.26. The first-order chi connectivity index (χ1) is 7.60. The highest BCUT2D eigenvalue weighted by atomic mass is 16.5. The summed E-state index contributed by atoms with van der Waals surface area (Å²) in [4.78, 5) is 13.9. The lowest BCUT2D eigenvalue weighted by atomic mass is 10.1. The summed E-state index contributed by atoms with van der Waals surface area (Å²) < 4.78 is 10.4. The molecule has 0 aromatic heterocycles. The van der Waals surface area contributed by atoms with Gasteiger partial charge in [0.05, 0.1) is 25.4 Å². The summed E-state index contributed by atoms with van der Waals surface area (Å²) in [6.45, 7) is 5.50. The third-order valence-electron chi connectivity index (χ3n) is 2.89. The molecule has 1 rings (SSSR count). The van der Waals surface area contributed by atoms with Gasteiger partial charge in [0.2, 0.25) is 5.91 Å². The second kappa shape index (κ2) is 6.18. The van der Waals surface area contributed by atoms with E-state index in [1.807, 2.05) is 18.7 Å². The number of methoxy groups -OCH3 is 1. The molecule has 1 amide bonds. The van der Waals surface area contributed by atoms with Gasteiger partial charge < -0.3 is 20.1 Å². The summed E-state index contributed by atoms with van der Waals surface area (Å²) in [5, 5.41) is 0. The van der Waals surface area contributed by atoms with E-state index in [0.717, 1.165) is 6.42 Å². The van der Waals surface area contributed by atoms with Crippen molar-refractivity contribution >= 4 is 5.91 Å². The average molecular weight is 230 g/mol. The maximum absolute atomic E-state index is 12.1. The molecule has 0 radical (unpaired) electrons. The Hall–Kier alpha value is -0.650. The normalized spacial score (nSPS) is 27.9. The summed E-state index contributed by atoms with van der Waals surface area (Å²) in [7, 11) is 1.55. The molecule has 3 unspecified atom stereocenters. The quantitative estimate of drug-likeness (QED) is 0.737. The van der Waals surface area contributed by atoms with E-state index >= 15 is 0 Å². The van der Waals surface area contributed by atoms with Crippen LogP contribution in [0.1, 0.15) is 20.3 Å². The van der Waals surface area contributed by atoms with Crippen LogP contribution in [0.5, 0.6) is 0 Å². The Balaban J connectivity index is 2.62. The van der Waals surface area contributed by atoms with Crippen molar-refractivity contribution in [3.05, 3.63) is 0 Å². The van der Waals surface area contributed by atoms with Crippen molar-refractivity contribution in [2.45, 2.75) is 38.5 Å². The number of rotatable bonds is 4. The number of hydrogen-bond donors (Lipinski definition) is 1. The number of hydrogen-bond acceptors (Lipinski definition) is 4. The maximum atomic E-state index is 12.1. The second-order valence-electron chi connectivity index (χ2n) is 4.26. The molecular formula is C11H22N2O3. The van der Waals surface area contributed by atoms with Gasteiger partial charge in [0.25, 0.3) is 0 Å². The van der Waals surface area contributed by atoms with E-state index in [1.54, 1.807) is 7.11 Å². The molecule has 1 saturated heterocycles. The zero-order valence-electron chi connectivity index (χ0n) is 10.3. The van der Waals surface area contributed by atoms with Gasteiger partial charge in [-0.3, -0.25) is 4.79 Å². The van der Waals surface area contributed by atoms with E-state index in [9.17, 15) is 4.79 Å². The molecule has 0 saturated carbocycles. The summed E-state index contributed by atoms with van der Waals surface area (Å²) in [6, 6.07) is -0.420. The smallest absolute Gasteiger partial charge is 0.242 e. The molecule has 94 valence electrons. The van der Waals surface area contributed by atoms with E-state index in [4.69, 9.17) is 15.2 Å². The molecule has 1 fully saturated rings. The molecule has 3 atom stereocenters. The molecule has 0 aromatic carbocycles. The monoisotopic (exact) mass is 230 g/mol. The predicted molar refractivity (Wildman–Crippen MR) is 61.1 cm³/mol. The number of nitrogens with zero attached hydrogens (tertiary/aromatic N) is 1. The van der Waals surface area contributed by atoms with E-state index < -0.39 is 6.04 Å². The fourth-order valence-corrected chi connectivity index (χ4v) is 1.92. The zero-order chi connectivity index (χ0) is 12.1. The first-order valence-corrected chi connectivity index (χ1v) is 5.76. The van der Waals surface area contributed by atoms with Crippen molar-refractivity contribution in [2.75, 3.05) is 26.9 Å². The van der Waals surface area contributed by atoms with Crippen LogP contribution in [0, 0.1) is 0 Å². The van der Waals surface area contributed by atoms with Crippen LogP contribution < -0.4 is 5.73 Å². The summed E-state index contributed by atoms with van der Waals surface area (Å²) in [5.74, 6) is -0.0381. The molecule has 5 heteroatoms. The number of nitrogens with two attached hydrogens (primary N) is 1. The van der Waals surface area contributed by atoms with Crippen LogP contribution in [0.4, 0.5) is 0 Å². The average Bonchev–Trinajstić information content (AvgIpc) is 2.28. The van der Waals surface area contributed by atoms with Gasteiger partial charge in [0, 0.05) is 13.7 Å². The van der Waals surface area contributed by atoms with Crippen molar-refractivity contribution in [2.24, 2.45) is 5.73 Å². The maximum Gasteiger partial charge on any atom is 0.242 e. The van der Waals surface area contributed by atoms with Crippen LogP contribution in [-0.4, -0.2) is 55.9 Å². The van der Waals surface area contributed by atoms with Crippen LogP contribution in [0.2, 0.25) is 0 Å². The summed E-state index contributed by atoms with van der Waals surface area (Å²) in [5.41, 5.74) is 5.76. The first-order valence-electron chi connectivity index (χ1n) is 5.76. The largest absolute Gasteiger partial charge is 0.383 e. The molecule has 16 heavy (non-hydrogen) atoms. The first kappa shape index (κ1) is 13.4. The number of ether oxygens (including phenoxy) is 2. The fraction of sp³-hybridized carbons (Fsp3) is 0.909. The summed E-state index contributed by atoms with van der Waals surface area (Å²) in [6.07, 6.45) is 0.972. The van der Waals surface area contributed by atoms with Gasteiger partial charge >= 0.3 is 0 Å². The molecule has 2 N–H and O–H groups in total. The highest BCUT2D eigenvalue weighted by Gasteiger charge is 2.31. The molecule has 0 aliphatic carbocycles. The van der Waals surface area contributed by atoms with Gasteiger partial charge in [0.1, 0.15) is 6.04 Å². The van der Waals surface area contributed by atoms with Crippen molar-refractivity contribution < 1.29 is 14.3 Å². The Labute approximate surface area is 96.9 Å². The SMILES string of the molecule is CCC1COC(C)CN1C(=O)C(N)COC. The topological polar surface area (TPSA) is 64.8 Å². The molecule has 0 bridgehead atoms. The fourth-order valence-electron chi connectivity index (χ4n) is 1.92. The minimum Gasteiger partial charge on any atom is -0.383 e. The van der Waals surface area contributed by atoms with Gasteiger partial charge in [-0.15, -0.1) is 0 Å². The Morgan fingerprint density at radius 2 is 2.38 bits per heavy atom. The molecule has 0 aromatic rings. The van der Waals surface area contributed by atoms with Crippen molar-refractivity contribution in [3.8, 4) is 0 Å². The van der Waals surface area contributed by atoms with E-state index in [-0.39, 0.29) is 24.7 Å². The molecular weight excluding hydrogens is 208 g/mol. The minimum atomic E-state index is -0.565. The molecule has 1 aliphatic rings. The van der Waals surface area contributed by atoms with Crippen molar-refractivity contribution in [1.82, 2.24) is 4.90 Å². The molecule has 0 spiro atoms. The van der Waals surface area contributed by atoms with Crippen LogP contribution in [-0.2, 0) is 14.3 Å². The molecule has 1 aliphatic heterocycles. The van der Waals surface area contributed by atoms with Gasteiger partial charge in [0.15, 0.2) is 0 Å². The Morgan fingerprint density at radius 3 is 2.94 bits per heavy atom. The predicted octanol–water partition coefficient (Wildman–Crippen LogP) is -0.0140. The number of carbonyl (C=O) groups excluding carboxylic acids is 1. The number of carbonyl (C=O) groups is 1. The van der Waals surface area contributed by atoms with Gasteiger partial charge in [-0.2, -0.15) is 0 Å². The highest BCUT2D eigenvalue weighted by Crippen LogP contribution is 2.15. The van der Waals surface area contributed by atoms with Crippen LogP contribution in [0.3, 0.4) is 0 Å². The van der Waals surface area contributed by atoms with E-state index in [2.05, 4.69) is 0 Å². The number of morpholine rings is 1. The summed E-state index contributed by atoms with van der Waals surface area (Å²) >= 11 is 0. The van der Waals surface area contributed by atoms with Crippen molar-refractivity contribution in [3.63, 3.8) is 0 Å². The number of amides is 1. The van der Waals surface area contributed by atoms with Crippen LogP contribution >= 0.6 is 0 Å². The highest BCUT2D eigenvalue weighted by molar-refractivity contribution is 5.82. The van der Waals surface area contributed by atoms with Gasteiger partial charge in [-0.05, 0) is 13.3 Å². The Kier molecular flexibility index (Phi) is 5.18. The third kappa shape index (κ3) is 3.17. The lowest BCUT2D eigenvalue weighted by molar-refractivity contribution is -0.146. The molecule has 1 heterocycles. The zero-order valence-corrected chi connectivity index (χ0v) is 10.3. The lowest BCUT2D eigenvalue weighted by Gasteiger charge is -2.39. The van der Waals surface area contributed by atoms with E-state index in [1.165, 1.54) is 0 Å². The minimum absolute atomic E-state index is 0.0381. The van der Waals surface area contributed by atoms with Crippen molar-refractivity contribution in [1.29, 1.82) is 0 Å².